The van der Waals surface area contributed by atoms with Crippen molar-refractivity contribution in [1.29, 1.82) is 0 Å². The summed E-state index contributed by atoms with van der Waals surface area (Å²) in [6.07, 6.45) is 1.23. The second kappa shape index (κ2) is 6.73. The summed E-state index contributed by atoms with van der Waals surface area (Å²) in [5.74, 6) is -1.85. The molecule has 0 atom stereocenters. The molecular formula is C13H11BrF2N4O3. The van der Waals surface area contributed by atoms with Gasteiger partial charge in [0.2, 0.25) is 0 Å². The molecular weight excluding hydrogens is 378 g/mol. The molecule has 7 nitrogen and oxygen atoms in total. The summed E-state index contributed by atoms with van der Waals surface area (Å²) in [5, 5.41) is 6.21. The summed E-state index contributed by atoms with van der Waals surface area (Å²) in [6.45, 7) is -3.08. The SMILES string of the molecule is Cn1ncc(NC(=O)c2cc(Br)ccc2OC(F)F)c1C(N)=O. The quantitative estimate of drug-likeness (QED) is 0.819. The van der Waals surface area contributed by atoms with Crippen molar-refractivity contribution in [2.45, 2.75) is 6.61 Å². The molecule has 3 N–H and O–H groups in total. The van der Waals surface area contributed by atoms with E-state index in [1.165, 1.54) is 36.1 Å². The lowest BCUT2D eigenvalue weighted by Crippen LogP contribution is -2.20. The van der Waals surface area contributed by atoms with E-state index in [1.807, 2.05) is 0 Å². The number of benzene rings is 1. The third-order valence-electron chi connectivity index (χ3n) is 2.82. The normalized spacial score (nSPS) is 10.7. The second-order valence-corrected chi connectivity index (χ2v) is 5.28. The van der Waals surface area contributed by atoms with Crippen LogP contribution >= 0.6 is 15.9 Å². The van der Waals surface area contributed by atoms with Crippen molar-refractivity contribution in [1.82, 2.24) is 9.78 Å². The lowest BCUT2D eigenvalue weighted by molar-refractivity contribution is -0.0501. The first-order valence-electron chi connectivity index (χ1n) is 6.17. The van der Waals surface area contributed by atoms with Crippen molar-refractivity contribution < 1.29 is 23.1 Å². The summed E-state index contributed by atoms with van der Waals surface area (Å²) >= 11 is 3.14. The van der Waals surface area contributed by atoms with Crippen LogP contribution in [-0.2, 0) is 7.05 Å². The molecule has 2 rings (SSSR count). The Morgan fingerprint density at radius 2 is 2.13 bits per heavy atom. The van der Waals surface area contributed by atoms with Crippen LogP contribution < -0.4 is 15.8 Å². The van der Waals surface area contributed by atoms with Gasteiger partial charge in [0.25, 0.3) is 11.8 Å². The van der Waals surface area contributed by atoms with Crippen molar-refractivity contribution in [3.8, 4) is 5.75 Å². The van der Waals surface area contributed by atoms with E-state index >= 15 is 0 Å². The number of aromatic nitrogens is 2. The summed E-state index contributed by atoms with van der Waals surface area (Å²) in [4.78, 5) is 23.7. The van der Waals surface area contributed by atoms with Crippen molar-refractivity contribution >= 4 is 33.4 Å². The molecule has 2 amide bonds. The number of aryl methyl sites for hydroxylation is 1. The second-order valence-electron chi connectivity index (χ2n) is 4.37. The maximum absolute atomic E-state index is 12.4. The molecule has 0 radical (unpaired) electrons. The van der Waals surface area contributed by atoms with Crippen molar-refractivity contribution in [3.05, 3.63) is 40.1 Å². The van der Waals surface area contributed by atoms with E-state index in [2.05, 4.69) is 31.1 Å². The predicted molar refractivity (Wildman–Crippen MR) is 80.5 cm³/mol. The Kier molecular flexibility index (Phi) is 4.94. The molecule has 0 aliphatic heterocycles. The van der Waals surface area contributed by atoms with Gasteiger partial charge in [0.1, 0.15) is 11.4 Å². The number of hydrogen-bond donors (Lipinski definition) is 2. The lowest BCUT2D eigenvalue weighted by atomic mass is 10.2. The van der Waals surface area contributed by atoms with Gasteiger partial charge in [-0.1, -0.05) is 15.9 Å². The summed E-state index contributed by atoms with van der Waals surface area (Å²) in [5.41, 5.74) is 5.11. The highest BCUT2D eigenvalue weighted by molar-refractivity contribution is 9.10. The van der Waals surface area contributed by atoms with Gasteiger partial charge < -0.3 is 15.8 Å². The van der Waals surface area contributed by atoms with E-state index in [-0.39, 0.29) is 22.7 Å². The molecule has 1 aromatic heterocycles. The third kappa shape index (κ3) is 3.83. The van der Waals surface area contributed by atoms with E-state index in [1.54, 1.807) is 0 Å². The zero-order chi connectivity index (χ0) is 17.1. The Morgan fingerprint density at radius 3 is 2.74 bits per heavy atom. The molecule has 122 valence electrons. The Hall–Kier alpha value is -2.49. The van der Waals surface area contributed by atoms with E-state index in [0.717, 1.165) is 0 Å². The molecule has 0 aliphatic rings. The zero-order valence-electron chi connectivity index (χ0n) is 11.7. The number of carbonyl (C=O) groups is 2. The third-order valence-corrected chi connectivity index (χ3v) is 3.32. The van der Waals surface area contributed by atoms with Gasteiger partial charge in [-0.3, -0.25) is 14.3 Å². The van der Waals surface area contributed by atoms with Gasteiger partial charge in [0.15, 0.2) is 0 Å². The fraction of sp³-hybridized carbons (Fsp3) is 0.154. The number of alkyl halides is 2. The fourth-order valence-electron chi connectivity index (χ4n) is 1.89. The van der Waals surface area contributed by atoms with E-state index in [4.69, 9.17) is 5.73 Å². The molecule has 1 aromatic carbocycles. The topological polar surface area (TPSA) is 99.2 Å². The number of halogens is 3. The average molecular weight is 389 g/mol. The minimum absolute atomic E-state index is 0.0234. The van der Waals surface area contributed by atoms with Crippen LogP contribution in [0.5, 0.6) is 5.75 Å². The highest BCUT2D eigenvalue weighted by Crippen LogP contribution is 2.26. The molecule has 0 fully saturated rings. The Labute approximate surface area is 137 Å². The van der Waals surface area contributed by atoms with Crippen LogP contribution in [0.25, 0.3) is 0 Å². The predicted octanol–water partition coefficient (Wildman–Crippen LogP) is 2.14. The smallest absolute Gasteiger partial charge is 0.387 e. The highest BCUT2D eigenvalue weighted by Gasteiger charge is 2.20. The number of nitrogens with one attached hydrogen (secondary N) is 1. The van der Waals surface area contributed by atoms with Crippen LogP contribution in [0.3, 0.4) is 0 Å². The van der Waals surface area contributed by atoms with Gasteiger partial charge >= 0.3 is 6.61 Å². The summed E-state index contributed by atoms with van der Waals surface area (Å²) < 4.78 is 30.8. The Bertz CT molecular complexity index is 764. The molecule has 1 heterocycles. The molecule has 10 heteroatoms. The first-order chi connectivity index (χ1) is 10.8. The first-order valence-corrected chi connectivity index (χ1v) is 6.96. The molecule has 2 aromatic rings. The molecule has 0 saturated heterocycles. The van der Waals surface area contributed by atoms with Crippen LogP contribution in [0, 0.1) is 0 Å². The number of rotatable bonds is 5. The van der Waals surface area contributed by atoms with Gasteiger partial charge in [-0.15, -0.1) is 0 Å². The van der Waals surface area contributed by atoms with E-state index in [9.17, 15) is 18.4 Å². The van der Waals surface area contributed by atoms with Crippen molar-refractivity contribution in [2.75, 3.05) is 5.32 Å². The molecule has 0 aliphatic carbocycles. The Morgan fingerprint density at radius 1 is 1.43 bits per heavy atom. The van der Waals surface area contributed by atoms with Crippen LogP contribution in [-0.4, -0.2) is 28.2 Å². The number of hydrogen-bond acceptors (Lipinski definition) is 4. The van der Waals surface area contributed by atoms with Gasteiger partial charge in [0.05, 0.1) is 17.4 Å². The fourth-order valence-corrected chi connectivity index (χ4v) is 2.25. The van der Waals surface area contributed by atoms with Crippen LogP contribution in [0.15, 0.2) is 28.9 Å². The highest BCUT2D eigenvalue weighted by atomic mass is 79.9. The summed E-state index contributed by atoms with van der Waals surface area (Å²) in [6, 6.07) is 3.99. The van der Waals surface area contributed by atoms with Crippen molar-refractivity contribution in [3.63, 3.8) is 0 Å². The van der Waals surface area contributed by atoms with Crippen LogP contribution in [0.2, 0.25) is 0 Å². The number of nitrogens with zero attached hydrogens (tertiary/aromatic N) is 2. The maximum Gasteiger partial charge on any atom is 0.387 e. The monoisotopic (exact) mass is 388 g/mol. The minimum atomic E-state index is -3.08. The van der Waals surface area contributed by atoms with Gasteiger partial charge in [-0.25, -0.2) is 0 Å². The number of anilines is 1. The molecule has 0 spiro atoms. The molecule has 23 heavy (non-hydrogen) atoms. The largest absolute Gasteiger partial charge is 0.434 e. The van der Waals surface area contributed by atoms with Gasteiger partial charge in [0, 0.05) is 11.5 Å². The van der Waals surface area contributed by atoms with Crippen LogP contribution in [0.4, 0.5) is 14.5 Å². The van der Waals surface area contributed by atoms with Gasteiger partial charge in [-0.05, 0) is 18.2 Å². The number of amides is 2. The van der Waals surface area contributed by atoms with Crippen molar-refractivity contribution in [2.24, 2.45) is 12.8 Å². The minimum Gasteiger partial charge on any atom is -0.434 e. The van der Waals surface area contributed by atoms with E-state index < -0.39 is 18.4 Å². The first kappa shape index (κ1) is 16.9. The zero-order valence-corrected chi connectivity index (χ0v) is 13.3. The Balaban J connectivity index is 2.34. The average Bonchev–Trinajstić information content (AvgIpc) is 2.81. The van der Waals surface area contributed by atoms with Gasteiger partial charge in [-0.2, -0.15) is 13.9 Å². The number of ether oxygens (including phenoxy) is 1. The molecule has 0 unspecified atom stereocenters. The van der Waals surface area contributed by atoms with E-state index in [0.29, 0.717) is 4.47 Å². The number of nitrogens with two attached hydrogens (primary N) is 1. The summed E-state index contributed by atoms with van der Waals surface area (Å²) in [7, 11) is 1.47. The van der Waals surface area contributed by atoms with Crippen LogP contribution in [0.1, 0.15) is 20.8 Å². The standard InChI is InChI=1S/C13H11BrF2N4O3/c1-20-10(11(17)21)8(5-18-20)19-12(22)7-4-6(14)2-3-9(7)23-13(15)16/h2-5,13H,1H3,(H2,17,21)(H,19,22). The number of carbonyl (C=O) groups excluding carboxylic acids is 2. The number of primary amides is 1. The molecule has 0 saturated carbocycles. The molecule has 0 bridgehead atoms. The maximum atomic E-state index is 12.4. The lowest BCUT2D eigenvalue weighted by Gasteiger charge is -2.11.